The van der Waals surface area contributed by atoms with Gasteiger partial charge >= 0.3 is 0 Å². The minimum Gasteiger partial charge on any atom is -0.399 e. The van der Waals surface area contributed by atoms with Gasteiger partial charge in [0, 0.05) is 24.8 Å². The van der Waals surface area contributed by atoms with Crippen LogP contribution < -0.4 is 11.1 Å². The summed E-state index contributed by atoms with van der Waals surface area (Å²) >= 11 is 0. The van der Waals surface area contributed by atoms with E-state index in [2.05, 4.69) is 5.32 Å². The van der Waals surface area contributed by atoms with Crippen molar-refractivity contribution in [1.82, 2.24) is 4.90 Å². The Morgan fingerprint density at radius 3 is 2.88 bits per heavy atom. The molecule has 1 atom stereocenters. The van der Waals surface area contributed by atoms with Gasteiger partial charge in [-0.15, -0.1) is 0 Å². The molecule has 0 aromatic heterocycles. The minimum absolute atomic E-state index is 0.124. The number of nitrogens with two attached hydrogens (primary N) is 1. The van der Waals surface area contributed by atoms with E-state index in [-0.39, 0.29) is 17.9 Å². The Morgan fingerprint density at radius 1 is 1.41 bits per heavy atom. The van der Waals surface area contributed by atoms with Crippen molar-refractivity contribution >= 4 is 23.2 Å². The number of carbonyl (C=O) groups excluding carboxylic acids is 2. The fraction of sp³-hybridized carbons (Fsp3) is 0.333. The number of nitrogens with one attached hydrogen (secondary N) is 1. The molecule has 1 heterocycles. The monoisotopic (exact) mass is 233 g/mol. The summed E-state index contributed by atoms with van der Waals surface area (Å²) in [6, 6.07) is 6.87. The van der Waals surface area contributed by atoms with Gasteiger partial charge in [-0.1, -0.05) is 6.07 Å². The molecule has 17 heavy (non-hydrogen) atoms. The van der Waals surface area contributed by atoms with Crippen LogP contribution >= 0.6 is 0 Å². The number of hydrogen-bond acceptors (Lipinski definition) is 4. The lowest BCUT2D eigenvalue weighted by Gasteiger charge is -2.28. The molecule has 1 unspecified atom stereocenters. The van der Waals surface area contributed by atoms with E-state index in [0.717, 1.165) is 5.69 Å². The molecule has 0 spiro atoms. The summed E-state index contributed by atoms with van der Waals surface area (Å²) < 4.78 is 0. The lowest BCUT2D eigenvalue weighted by molar-refractivity contribution is -0.146. The molecule has 0 bridgehead atoms. The molecule has 5 nitrogen and oxygen atoms in total. The van der Waals surface area contributed by atoms with E-state index < -0.39 is 0 Å². The van der Waals surface area contributed by atoms with Gasteiger partial charge in [0.15, 0.2) is 0 Å². The number of carbonyl (C=O) groups is 2. The van der Waals surface area contributed by atoms with Crippen molar-refractivity contribution in [2.75, 3.05) is 18.1 Å². The largest absolute Gasteiger partial charge is 0.399 e. The van der Waals surface area contributed by atoms with Crippen molar-refractivity contribution < 1.29 is 9.59 Å². The molecule has 2 rings (SSSR count). The Hall–Kier alpha value is -2.04. The Kier molecular flexibility index (Phi) is 2.99. The number of hydrogen-bond donors (Lipinski definition) is 2. The molecule has 1 fully saturated rings. The number of anilines is 2. The molecule has 0 radical (unpaired) electrons. The van der Waals surface area contributed by atoms with Crippen molar-refractivity contribution in [3.63, 3.8) is 0 Å². The number of likely N-dealkylation sites (N-methyl/N-ethyl adjacent to an activating group) is 1. The van der Waals surface area contributed by atoms with E-state index in [9.17, 15) is 9.59 Å². The zero-order valence-corrected chi connectivity index (χ0v) is 9.64. The summed E-state index contributed by atoms with van der Waals surface area (Å²) in [5.74, 6) is -0.315. The van der Waals surface area contributed by atoms with Crippen LogP contribution in [0, 0.1) is 0 Å². The molecule has 1 aliphatic rings. The summed E-state index contributed by atoms with van der Waals surface area (Å²) in [4.78, 5) is 24.3. The Bertz CT molecular complexity index is 459. The first-order chi connectivity index (χ1) is 8.08. The number of rotatable bonds is 2. The smallest absolute Gasteiger partial charge is 0.251 e. The standard InChI is InChI=1S/C12H15N3O2/c1-15-11(16)6-5-10(12(15)17)14-9-4-2-3-8(13)7-9/h2-4,7,10,14H,5-6,13H2,1H3. The third kappa shape index (κ3) is 2.38. The van der Waals surface area contributed by atoms with E-state index in [1.807, 2.05) is 12.1 Å². The lowest BCUT2D eigenvalue weighted by atomic mass is 10.0. The first-order valence-electron chi connectivity index (χ1n) is 5.50. The number of piperidine rings is 1. The van der Waals surface area contributed by atoms with Crippen molar-refractivity contribution in [1.29, 1.82) is 0 Å². The van der Waals surface area contributed by atoms with Gasteiger partial charge < -0.3 is 11.1 Å². The number of amides is 2. The molecule has 1 aromatic rings. The zero-order chi connectivity index (χ0) is 12.4. The highest BCUT2D eigenvalue weighted by atomic mass is 16.2. The Morgan fingerprint density at radius 2 is 2.18 bits per heavy atom. The molecular weight excluding hydrogens is 218 g/mol. The number of likely N-dealkylation sites (tertiary alicyclic amines) is 1. The molecule has 2 amide bonds. The lowest BCUT2D eigenvalue weighted by Crippen LogP contribution is -2.48. The normalized spacial score (nSPS) is 20.5. The highest BCUT2D eigenvalue weighted by Crippen LogP contribution is 2.18. The molecular formula is C12H15N3O2. The van der Waals surface area contributed by atoms with Crippen LogP contribution in [0.3, 0.4) is 0 Å². The topological polar surface area (TPSA) is 75.4 Å². The van der Waals surface area contributed by atoms with Gasteiger partial charge in [-0.05, 0) is 24.6 Å². The first kappa shape index (κ1) is 11.4. The fourth-order valence-electron chi connectivity index (χ4n) is 1.88. The second kappa shape index (κ2) is 4.45. The van der Waals surface area contributed by atoms with Crippen LogP contribution in [0.25, 0.3) is 0 Å². The maximum atomic E-state index is 11.8. The van der Waals surface area contributed by atoms with Gasteiger partial charge in [0.25, 0.3) is 5.91 Å². The number of imide groups is 1. The maximum Gasteiger partial charge on any atom is 0.251 e. The molecule has 3 N–H and O–H groups in total. The third-order valence-corrected chi connectivity index (χ3v) is 2.88. The van der Waals surface area contributed by atoms with E-state index in [0.29, 0.717) is 18.5 Å². The molecule has 1 aromatic carbocycles. The van der Waals surface area contributed by atoms with Crippen LogP contribution in [-0.2, 0) is 9.59 Å². The van der Waals surface area contributed by atoms with Crippen LogP contribution in [0.1, 0.15) is 12.8 Å². The van der Waals surface area contributed by atoms with Crippen molar-refractivity contribution in [2.45, 2.75) is 18.9 Å². The fourth-order valence-corrected chi connectivity index (χ4v) is 1.88. The number of nitrogens with zero attached hydrogens (tertiary/aromatic N) is 1. The predicted octanol–water partition coefficient (Wildman–Crippen LogP) is 0.828. The third-order valence-electron chi connectivity index (χ3n) is 2.88. The highest BCUT2D eigenvalue weighted by Gasteiger charge is 2.31. The van der Waals surface area contributed by atoms with Gasteiger partial charge in [0.1, 0.15) is 6.04 Å². The van der Waals surface area contributed by atoms with E-state index in [1.54, 1.807) is 12.1 Å². The first-order valence-corrected chi connectivity index (χ1v) is 5.50. The molecule has 0 aliphatic carbocycles. The summed E-state index contributed by atoms with van der Waals surface area (Å²) in [6.07, 6.45) is 0.916. The van der Waals surface area contributed by atoms with Gasteiger partial charge in [0.2, 0.25) is 5.91 Å². The number of nitrogen functional groups attached to an aromatic ring is 1. The average Bonchev–Trinajstić information content (AvgIpc) is 2.30. The van der Waals surface area contributed by atoms with Crippen molar-refractivity contribution in [3.05, 3.63) is 24.3 Å². The van der Waals surface area contributed by atoms with Gasteiger partial charge in [0.05, 0.1) is 0 Å². The maximum absolute atomic E-state index is 11.8. The Labute approximate surface area is 99.6 Å². The molecule has 1 aliphatic heterocycles. The zero-order valence-electron chi connectivity index (χ0n) is 9.64. The second-order valence-electron chi connectivity index (χ2n) is 4.15. The van der Waals surface area contributed by atoms with E-state index >= 15 is 0 Å². The van der Waals surface area contributed by atoms with Gasteiger partial charge in [-0.25, -0.2) is 0 Å². The molecule has 90 valence electrons. The van der Waals surface area contributed by atoms with E-state index in [4.69, 9.17) is 5.73 Å². The summed E-state index contributed by atoms with van der Waals surface area (Å²) in [7, 11) is 1.51. The van der Waals surface area contributed by atoms with Crippen LogP contribution in [-0.4, -0.2) is 29.8 Å². The quantitative estimate of drug-likeness (QED) is 0.586. The highest BCUT2D eigenvalue weighted by molar-refractivity contribution is 6.01. The Balaban J connectivity index is 2.09. The average molecular weight is 233 g/mol. The van der Waals surface area contributed by atoms with Gasteiger partial charge in [-0.3, -0.25) is 14.5 Å². The van der Waals surface area contributed by atoms with Crippen molar-refractivity contribution in [3.8, 4) is 0 Å². The van der Waals surface area contributed by atoms with E-state index in [1.165, 1.54) is 11.9 Å². The van der Waals surface area contributed by atoms with Crippen LogP contribution in [0.15, 0.2) is 24.3 Å². The SMILES string of the molecule is CN1C(=O)CCC(Nc2cccc(N)c2)C1=O. The summed E-state index contributed by atoms with van der Waals surface area (Å²) in [6.45, 7) is 0. The molecule has 5 heteroatoms. The summed E-state index contributed by atoms with van der Waals surface area (Å²) in [5.41, 5.74) is 7.10. The number of benzene rings is 1. The molecule has 1 saturated heterocycles. The molecule has 0 saturated carbocycles. The van der Waals surface area contributed by atoms with Gasteiger partial charge in [-0.2, -0.15) is 0 Å². The van der Waals surface area contributed by atoms with Crippen LogP contribution in [0.4, 0.5) is 11.4 Å². The van der Waals surface area contributed by atoms with Crippen LogP contribution in [0.2, 0.25) is 0 Å². The predicted molar refractivity (Wildman–Crippen MR) is 65.3 cm³/mol. The van der Waals surface area contributed by atoms with Crippen LogP contribution in [0.5, 0.6) is 0 Å². The summed E-state index contributed by atoms with van der Waals surface area (Å²) in [5, 5.41) is 3.10. The minimum atomic E-state index is -0.348. The second-order valence-corrected chi connectivity index (χ2v) is 4.15. The van der Waals surface area contributed by atoms with Crippen molar-refractivity contribution in [2.24, 2.45) is 0 Å².